The minimum Gasteiger partial charge on any atom is -0.361 e. The topological polar surface area (TPSA) is 88.0 Å². The zero-order valence-corrected chi connectivity index (χ0v) is 13.6. The molecular formula is C18H18N6O. The van der Waals surface area contributed by atoms with Crippen molar-refractivity contribution in [1.82, 2.24) is 29.9 Å². The SMILES string of the molecule is O=C(Cc1c[nH]c2ccccc12)NCCCc1cnc2ncnn2c1. The van der Waals surface area contributed by atoms with Crippen molar-refractivity contribution in [3.63, 3.8) is 0 Å². The van der Waals surface area contributed by atoms with Crippen LogP contribution >= 0.6 is 0 Å². The van der Waals surface area contributed by atoms with E-state index in [1.165, 1.54) is 6.33 Å². The van der Waals surface area contributed by atoms with Crippen LogP contribution in [0.2, 0.25) is 0 Å². The zero-order valence-electron chi connectivity index (χ0n) is 13.6. The Morgan fingerprint density at radius 3 is 3.12 bits per heavy atom. The first-order valence-electron chi connectivity index (χ1n) is 8.25. The number of carbonyl (C=O) groups excluding carboxylic acids is 1. The van der Waals surface area contributed by atoms with Gasteiger partial charge in [0.15, 0.2) is 0 Å². The average molecular weight is 334 g/mol. The number of amides is 1. The molecule has 1 aromatic carbocycles. The highest BCUT2D eigenvalue weighted by Gasteiger charge is 2.08. The minimum atomic E-state index is 0.0367. The third-order valence-electron chi connectivity index (χ3n) is 4.18. The Balaban J connectivity index is 1.27. The van der Waals surface area contributed by atoms with E-state index in [9.17, 15) is 4.79 Å². The van der Waals surface area contributed by atoms with E-state index < -0.39 is 0 Å². The highest BCUT2D eigenvalue weighted by atomic mass is 16.1. The molecule has 0 aliphatic heterocycles. The van der Waals surface area contributed by atoms with Gasteiger partial charge in [-0.15, -0.1) is 0 Å². The third-order valence-corrected chi connectivity index (χ3v) is 4.18. The summed E-state index contributed by atoms with van der Waals surface area (Å²) in [5.74, 6) is 0.630. The van der Waals surface area contributed by atoms with Crippen LogP contribution in [0.4, 0.5) is 0 Å². The molecule has 7 heteroatoms. The molecule has 1 amide bonds. The van der Waals surface area contributed by atoms with E-state index in [0.717, 1.165) is 34.9 Å². The molecule has 0 aliphatic carbocycles. The minimum absolute atomic E-state index is 0.0367. The van der Waals surface area contributed by atoms with Gasteiger partial charge in [-0.2, -0.15) is 10.1 Å². The Labute approximate surface area is 144 Å². The Hall–Kier alpha value is -3.22. The summed E-state index contributed by atoms with van der Waals surface area (Å²) in [6.45, 7) is 0.635. The molecule has 3 heterocycles. The van der Waals surface area contributed by atoms with Gasteiger partial charge >= 0.3 is 0 Å². The van der Waals surface area contributed by atoms with Gasteiger partial charge in [-0.3, -0.25) is 4.79 Å². The van der Waals surface area contributed by atoms with E-state index in [-0.39, 0.29) is 5.91 Å². The fourth-order valence-corrected chi connectivity index (χ4v) is 2.92. The van der Waals surface area contributed by atoms with E-state index >= 15 is 0 Å². The van der Waals surface area contributed by atoms with Gasteiger partial charge in [-0.1, -0.05) is 18.2 Å². The number of carbonyl (C=O) groups is 1. The van der Waals surface area contributed by atoms with Crippen molar-refractivity contribution in [1.29, 1.82) is 0 Å². The Kier molecular flexibility index (Phi) is 4.12. The second kappa shape index (κ2) is 6.72. The molecule has 0 aliphatic rings. The lowest BCUT2D eigenvalue weighted by molar-refractivity contribution is -0.120. The molecule has 0 radical (unpaired) electrons. The molecule has 2 N–H and O–H groups in total. The lowest BCUT2D eigenvalue weighted by Gasteiger charge is -2.05. The van der Waals surface area contributed by atoms with Crippen LogP contribution in [0.25, 0.3) is 16.7 Å². The summed E-state index contributed by atoms with van der Waals surface area (Å²) < 4.78 is 1.66. The van der Waals surface area contributed by atoms with Crippen molar-refractivity contribution >= 4 is 22.6 Å². The van der Waals surface area contributed by atoms with Gasteiger partial charge in [-0.05, 0) is 30.0 Å². The van der Waals surface area contributed by atoms with Crippen molar-refractivity contribution in [3.8, 4) is 0 Å². The molecule has 4 rings (SSSR count). The van der Waals surface area contributed by atoms with E-state index in [2.05, 4.69) is 25.4 Å². The standard InChI is InChI=1S/C18H18N6O/c25-17(8-14-10-20-16-6-2-1-5-15(14)16)19-7-3-4-13-9-21-18-22-12-23-24(18)11-13/h1-2,5-6,9-12,20H,3-4,7-8H2,(H,19,25). The fraction of sp³-hybridized carbons (Fsp3) is 0.222. The summed E-state index contributed by atoms with van der Waals surface area (Å²) in [4.78, 5) is 23.6. The van der Waals surface area contributed by atoms with Gasteiger partial charge < -0.3 is 10.3 Å². The first-order chi connectivity index (χ1) is 12.3. The van der Waals surface area contributed by atoms with Crippen LogP contribution in [-0.2, 0) is 17.6 Å². The number of aromatic nitrogens is 5. The molecule has 4 aromatic rings. The van der Waals surface area contributed by atoms with Crippen molar-refractivity contribution in [2.45, 2.75) is 19.3 Å². The smallest absolute Gasteiger partial charge is 0.252 e. The van der Waals surface area contributed by atoms with E-state index in [4.69, 9.17) is 0 Å². The molecule has 0 spiro atoms. The highest BCUT2D eigenvalue weighted by molar-refractivity contribution is 5.88. The van der Waals surface area contributed by atoms with Crippen molar-refractivity contribution in [3.05, 3.63) is 60.3 Å². The quantitative estimate of drug-likeness (QED) is 0.527. The van der Waals surface area contributed by atoms with Gasteiger partial charge in [-0.25, -0.2) is 9.50 Å². The number of aryl methyl sites for hydroxylation is 1. The number of nitrogens with zero attached hydrogens (tertiary/aromatic N) is 4. The summed E-state index contributed by atoms with van der Waals surface area (Å²) in [5, 5.41) is 8.15. The maximum atomic E-state index is 12.1. The monoisotopic (exact) mass is 334 g/mol. The number of para-hydroxylation sites is 1. The van der Waals surface area contributed by atoms with Crippen molar-refractivity contribution in [2.24, 2.45) is 0 Å². The molecule has 0 unspecified atom stereocenters. The molecule has 0 atom stereocenters. The number of aromatic amines is 1. The molecule has 0 saturated carbocycles. The van der Waals surface area contributed by atoms with Crippen LogP contribution in [0.5, 0.6) is 0 Å². The highest BCUT2D eigenvalue weighted by Crippen LogP contribution is 2.17. The van der Waals surface area contributed by atoms with Gasteiger partial charge in [0.25, 0.3) is 5.78 Å². The van der Waals surface area contributed by atoms with Gasteiger partial charge in [0.2, 0.25) is 5.91 Å². The Morgan fingerprint density at radius 1 is 1.24 bits per heavy atom. The fourth-order valence-electron chi connectivity index (χ4n) is 2.92. The number of fused-ring (bicyclic) bond motifs is 2. The van der Waals surface area contributed by atoms with Crippen LogP contribution < -0.4 is 5.32 Å². The predicted molar refractivity (Wildman–Crippen MR) is 94.1 cm³/mol. The molecule has 0 saturated heterocycles. The Bertz CT molecular complexity index is 1020. The van der Waals surface area contributed by atoms with Gasteiger partial charge in [0, 0.05) is 36.0 Å². The van der Waals surface area contributed by atoms with Crippen LogP contribution in [0.1, 0.15) is 17.5 Å². The molecule has 0 fully saturated rings. The van der Waals surface area contributed by atoms with Crippen molar-refractivity contribution < 1.29 is 4.79 Å². The number of benzene rings is 1. The van der Waals surface area contributed by atoms with Crippen LogP contribution in [-0.4, -0.2) is 37.0 Å². The molecule has 3 aromatic heterocycles. The lowest BCUT2D eigenvalue weighted by atomic mass is 10.1. The van der Waals surface area contributed by atoms with Crippen molar-refractivity contribution in [2.75, 3.05) is 6.54 Å². The number of hydrogen-bond donors (Lipinski definition) is 2. The molecule has 7 nitrogen and oxygen atoms in total. The van der Waals surface area contributed by atoms with Crippen LogP contribution in [0.15, 0.2) is 49.2 Å². The number of rotatable bonds is 6. The molecule has 126 valence electrons. The summed E-state index contributed by atoms with van der Waals surface area (Å²) in [6.07, 6.45) is 9.18. The largest absolute Gasteiger partial charge is 0.361 e. The average Bonchev–Trinajstić information content (AvgIpc) is 3.25. The summed E-state index contributed by atoms with van der Waals surface area (Å²) >= 11 is 0. The van der Waals surface area contributed by atoms with Crippen LogP contribution in [0.3, 0.4) is 0 Å². The number of hydrogen-bond acceptors (Lipinski definition) is 4. The molecule has 0 bridgehead atoms. The third kappa shape index (κ3) is 3.35. The second-order valence-corrected chi connectivity index (χ2v) is 5.96. The molecular weight excluding hydrogens is 316 g/mol. The van der Waals surface area contributed by atoms with E-state index in [1.807, 2.05) is 36.7 Å². The first-order valence-corrected chi connectivity index (χ1v) is 8.25. The van der Waals surface area contributed by atoms with Gasteiger partial charge in [0.05, 0.1) is 6.42 Å². The van der Waals surface area contributed by atoms with E-state index in [0.29, 0.717) is 18.7 Å². The van der Waals surface area contributed by atoms with E-state index in [1.54, 1.807) is 10.7 Å². The number of H-pyrrole nitrogens is 1. The summed E-state index contributed by atoms with van der Waals surface area (Å²) in [5.41, 5.74) is 3.15. The number of nitrogens with one attached hydrogen (secondary N) is 2. The summed E-state index contributed by atoms with van der Waals surface area (Å²) in [7, 11) is 0. The zero-order chi connectivity index (χ0) is 17.1. The maximum absolute atomic E-state index is 12.1. The van der Waals surface area contributed by atoms with Crippen LogP contribution in [0, 0.1) is 0 Å². The summed E-state index contributed by atoms with van der Waals surface area (Å²) in [6, 6.07) is 8.00. The van der Waals surface area contributed by atoms with Gasteiger partial charge in [0.1, 0.15) is 6.33 Å². The molecule has 25 heavy (non-hydrogen) atoms. The maximum Gasteiger partial charge on any atom is 0.252 e. The Morgan fingerprint density at radius 2 is 2.16 bits per heavy atom. The first kappa shape index (κ1) is 15.3. The predicted octanol–water partition coefficient (Wildman–Crippen LogP) is 1.90. The second-order valence-electron chi connectivity index (χ2n) is 5.96. The normalized spacial score (nSPS) is 11.2. The lowest BCUT2D eigenvalue weighted by Crippen LogP contribution is -2.26.